The number of rotatable bonds is 4. The van der Waals surface area contributed by atoms with Crippen molar-refractivity contribution in [2.45, 2.75) is 19.3 Å². The molecule has 1 aliphatic rings. The first kappa shape index (κ1) is 17.5. The molecule has 1 fully saturated rings. The van der Waals surface area contributed by atoms with E-state index in [1.165, 1.54) is 17.4 Å². The summed E-state index contributed by atoms with van der Waals surface area (Å²) in [4.78, 5) is 15.1. The molecule has 2 aromatic carbocycles. The third-order valence-corrected chi connectivity index (χ3v) is 4.86. The number of benzene rings is 2. The van der Waals surface area contributed by atoms with Crippen LogP contribution in [0.25, 0.3) is 5.69 Å². The molecule has 138 valence electrons. The molecule has 0 aliphatic carbocycles. The third-order valence-electron chi connectivity index (χ3n) is 4.63. The summed E-state index contributed by atoms with van der Waals surface area (Å²) in [5.41, 5.74) is 2.97. The lowest BCUT2D eigenvalue weighted by molar-refractivity contribution is 0.102. The number of anilines is 2. The number of nitrogens with zero attached hydrogens (tertiary/aromatic N) is 5. The second kappa shape index (κ2) is 7.75. The minimum atomic E-state index is -0.203. The third kappa shape index (κ3) is 3.93. The molecule has 1 saturated heterocycles. The molecule has 27 heavy (non-hydrogen) atoms. The van der Waals surface area contributed by atoms with E-state index in [1.807, 2.05) is 18.2 Å². The first-order valence-corrected chi connectivity index (χ1v) is 9.28. The number of hydrogen-bond acceptors (Lipinski definition) is 5. The van der Waals surface area contributed by atoms with Crippen LogP contribution in [0.5, 0.6) is 0 Å². The Morgan fingerprint density at radius 1 is 1.07 bits per heavy atom. The van der Waals surface area contributed by atoms with Gasteiger partial charge in [-0.1, -0.05) is 17.7 Å². The fourth-order valence-electron chi connectivity index (χ4n) is 3.28. The number of hydrogen-bond donors (Lipinski definition) is 1. The van der Waals surface area contributed by atoms with Gasteiger partial charge in [0, 0.05) is 23.7 Å². The van der Waals surface area contributed by atoms with Crippen molar-refractivity contribution >= 4 is 28.9 Å². The van der Waals surface area contributed by atoms with Gasteiger partial charge in [0.1, 0.15) is 6.33 Å². The lowest BCUT2D eigenvalue weighted by Gasteiger charge is -2.30. The number of tetrazole rings is 1. The van der Waals surface area contributed by atoms with E-state index in [4.69, 9.17) is 11.6 Å². The van der Waals surface area contributed by atoms with E-state index in [9.17, 15) is 4.79 Å². The van der Waals surface area contributed by atoms with Crippen molar-refractivity contribution in [2.75, 3.05) is 23.3 Å². The van der Waals surface area contributed by atoms with Crippen LogP contribution in [0.15, 0.2) is 48.8 Å². The molecule has 0 radical (unpaired) electrons. The van der Waals surface area contributed by atoms with Gasteiger partial charge in [-0.05, 0) is 66.1 Å². The van der Waals surface area contributed by atoms with Crippen molar-refractivity contribution in [1.82, 2.24) is 20.2 Å². The highest BCUT2D eigenvalue weighted by Crippen LogP contribution is 2.31. The number of carbonyl (C=O) groups is 1. The van der Waals surface area contributed by atoms with Crippen LogP contribution in [0.4, 0.5) is 11.4 Å². The predicted octanol–water partition coefficient (Wildman–Crippen LogP) is 3.56. The van der Waals surface area contributed by atoms with E-state index in [1.54, 1.807) is 24.3 Å². The van der Waals surface area contributed by atoms with Crippen molar-refractivity contribution in [3.63, 3.8) is 0 Å². The highest BCUT2D eigenvalue weighted by atomic mass is 35.5. The van der Waals surface area contributed by atoms with Gasteiger partial charge in [0.2, 0.25) is 0 Å². The molecule has 4 rings (SSSR count). The molecular formula is C19H19ClN6O. The smallest absolute Gasteiger partial charge is 0.255 e. The first-order valence-electron chi connectivity index (χ1n) is 8.90. The zero-order chi connectivity index (χ0) is 18.6. The van der Waals surface area contributed by atoms with Crippen LogP contribution in [-0.2, 0) is 0 Å². The zero-order valence-corrected chi connectivity index (χ0v) is 15.4. The fraction of sp³-hybridized carbons (Fsp3) is 0.263. The van der Waals surface area contributed by atoms with E-state index in [0.29, 0.717) is 10.6 Å². The molecule has 8 heteroatoms. The molecule has 3 aromatic rings. The van der Waals surface area contributed by atoms with Gasteiger partial charge >= 0.3 is 0 Å². The topological polar surface area (TPSA) is 75.9 Å². The lowest BCUT2D eigenvalue weighted by Crippen LogP contribution is -2.30. The largest absolute Gasteiger partial charge is 0.370 e. The molecule has 1 amide bonds. The Bertz CT molecular complexity index is 937. The number of piperidine rings is 1. The van der Waals surface area contributed by atoms with Gasteiger partial charge in [-0.25, -0.2) is 4.68 Å². The van der Waals surface area contributed by atoms with Crippen LogP contribution >= 0.6 is 11.6 Å². The maximum Gasteiger partial charge on any atom is 0.255 e. The van der Waals surface area contributed by atoms with Crippen molar-refractivity contribution in [1.29, 1.82) is 0 Å². The van der Waals surface area contributed by atoms with Crippen LogP contribution in [-0.4, -0.2) is 39.2 Å². The standard InChI is InChI=1S/C19H19ClN6O/c20-15-7-8-18(25-9-2-1-3-10-25)17(12-15)22-19(27)14-5-4-6-16(11-14)26-13-21-23-24-26/h4-8,11-13H,1-3,9-10H2,(H,22,27). The summed E-state index contributed by atoms with van der Waals surface area (Å²) in [6.07, 6.45) is 5.05. The van der Waals surface area contributed by atoms with E-state index < -0.39 is 0 Å². The van der Waals surface area contributed by atoms with Crippen molar-refractivity contribution < 1.29 is 4.79 Å². The fourth-order valence-corrected chi connectivity index (χ4v) is 3.45. The van der Waals surface area contributed by atoms with E-state index in [2.05, 4.69) is 25.7 Å². The van der Waals surface area contributed by atoms with Crippen LogP contribution in [0.3, 0.4) is 0 Å². The maximum absolute atomic E-state index is 12.8. The Hall–Kier alpha value is -2.93. The maximum atomic E-state index is 12.8. The Kier molecular flexibility index (Phi) is 5.02. The van der Waals surface area contributed by atoms with Gasteiger partial charge in [-0.2, -0.15) is 0 Å². The molecule has 1 N–H and O–H groups in total. The van der Waals surface area contributed by atoms with Crippen LogP contribution < -0.4 is 10.2 Å². The summed E-state index contributed by atoms with van der Waals surface area (Å²) in [7, 11) is 0. The average molecular weight is 383 g/mol. The molecule has 0 bridgehead atoms. The molecule has 0 spiro atoms. The minimum absolute atomic E-state index is 0.203. The van der Waals surface area contributed by atoms with Gasteiger partial charge in [-0.15, -0.1) is 5.10 Å². The van der Waals surface area contributed by atoms with Gasteiger partial charge in [0.15, 0.2) is 0 Å². The molecule has 0 unspecified atom stereocenters. The normalized spacial score (nSPS) is 14.2. The number of halogens is 1. The molecular weight excluding hydrogens is 364 g/mol. The van der Waals surface area contributed by atoms with Crippen LogP contribution in [0, 0.1) is 0 Å². The molecule has 7 nitrogen and oxygen atoms in total. The van der Waals surface area contributed by atoms with Gasteiger partial charge in [0.25, 0.3) is 5.91 Å². The SMILES string of the molecule is O=C(Nc1cc(Cl)ccc1N1CCCCC1)c1cccc(-n2cnnn2)c1. The van der Waals surface area contributed by atoms with Gasteiger partial charge < -0.3 is 10.2 Å². The Morgan fingerprint density at radius 2 is 1.93 bits per heavy atom. The highest BCUT2D eigenvalue weighted by molar-refractivity contribution is 6.31. The van der Waals surface area contributed by atoms with E-state index in [-0.39, 0.29) is 5.91 Å². The monoisotopic (exact) mass is 382 g/mol. The van der Waals surface area contributed by atoms with Gasteiger partial charge in [0.05, 0.1) is 17.1 Å². The number of amides is 1. The summed E-state index contributed by atoms with van der Waals surface area (Å²) < 4.78 is 1.51. The van der Waals surface area contributed by atoms with Crippen molar-refractivity contribution in [3.8, 4) is 5.69 Å². The Morgan fingerprint density at radius 3 is 2.70 bits per heavy atom. The molecule has 0 atom stereocenters. The highest BCUT2D eigenvalue weighted by Gasteiger charge is 2.17. The summed E-state index contributed by atoms with van der Waals surface area (Å²) in [6.45, 7) is 1.97. The predicted molar refractivity (Wildman–Crippen MR) is 105 cm³/mol. The summed E-state index contributed by atoms with van der Waals surface area (Å²) in [5, 5.41) is 14.7. The van der Waals surface area contributed by atoms with Crippen LogP contribution in [0.1, 0.15) is 29.6 Å². The molecule has 0 saturated carbocycles. The second-order valence-corrected chi connectivity index (χ2v) is 6.90. The average Bonchev–Trinajstić information content (AvgIpc) is 3.24. The number of carbonyl (C=O) groups excluding carboxylic acids is 1. The minimum Gasteiger partial charge on any atom is -0.370 e. The lowest BCUT2D eigenvalue weighted by atomic mass is 10.1. The molecule has 2 heterocycles. The second-order valence-electron chi connectivity index (χ2n) is 6.47. The quantitative estimate of drug-likeness (QED) is 0.746. The van der Waals surface area contributed by atoms with Gasteiger partial charge in [-0.3, -0.25) is 4.79 Å². The number of aromatic nitrogens is 4. The summed E-state index contributed by atoms with van der Waals surface area (Å²) in [6, 6.07) is 12.8. The Labute approximate surface area is 161 Å². The van der Waals surface area contributed by atoms with Crippen molar-refractivity contribution in [3.05, 3.63) is 59.4 Å². The first-order chi connectivity index (χ1) is 13.2. The summed E-state index contributed by atoms with van der Waals surface area (Å²) in [5.74, 6) is -0.203. The van der Waals surface area contributed by atoms with Crippen LogP contribution in [0.2, 0.25) is 5.02 Å². The molecule has 1 aromatic heterocycles. The summed E-state index contributed by atoms with van der Waals surface area (Å²) >= 11 is 6.18. The zero-order valence-electron chi connectivity index (χ0n) is 14.7. The molecule has 1 aliphatic heterocycles. The Balaban J connectivity index is 1.59. The van der Waals surface area contributed by atoms with E-state index in [0.717, 1.165) is 43.0 Å². The van der Waals surface area contributed by atoms with E-state index >= 15 is 0 Å². The van der Waals surface area contributed by atoms with Crippen molar-refractivity contribution in [2.24, 2.45) is 0 Å². The number of nitrogens with one attached hydrogen (secondary N) is 1.